The van der Waals surface area contributed by atoms with Gasteiger partial charge in [0.15, 0.2) is 0 Å². The molecule has 1 aromatic carbocycles. The monoisotopic (exact) mass is 240 g/mol. The first-order chi connectivity index (χ1) is 8.81. The Hall–Kier alpha value is -1.75. The Morgan fingerprint density at radius 1 is 1.17 bits per heavy atom. The van der Waals surface area contributed by atoms with Gasteiger partial charge in [-0.15, -0.1) is 0 Å². The minimum atomic E-state index is 0.484. The number of hydrogen-bond donors (Lipinski definition) is 0. The number of likely N-dealkylation sites (N-methyl/N-ethyl adjacent to an activating group) is 1. The third-order valence-electron chi connectivity index (χ3n) is 3.63. The Bertz CT molecular complexity index is 439. The molecule has 1 aromatic rings. The predicted octanol–water partition coefficient (Wildman–Crippen LogP) is 3.88. The van der Waals surface area contributed by atoms with Crippen molar-refractivity contribution in [3.63, 3.8) is 0 Å². The number of rotatable bonds is 2. The van der Waals surface area contributed by atoms with Crippen LogP contribution < -0.4 is 4.90 Å². The fourth-order valence-corrected chi connectivity index (χ4v) is 2.43. The first-order valence-electron chi connectivity index (χ1n) is 6.71. The first-order valence-corrected chi connectivity index (χ1v) is 6.71. The summed E-state index contributed by atoms with van der Waals surface area (Å²) >= 11 is 0. The third-order valence-corrected chi connectivity index (χ3v) is 3.63. The summed E-state index contributed by atoms with van der Waals surface area (Å²) in [6, 6.07) is 10.5. The van der Waals surface area contributed by atoms with Crippen LogP contribution >= 0.6 is 0 Å². The van der Waals surface area contributed by atoms with Crippen LogP contribution in [0.25, 0.3) is 0 Å². The molecule has 1 atom stereocenters. The van der Waals surface area contributed by atoms with Crippen LogP contribution in [0.3, 0.4) is 0 Å². The summed E-state index contributed by atoms with van der Waals surface area (Å²) in [5.74, 6) is 0. The highest BCUT2D eigenvalue weighted by molar-refractivity contribution is 5.50. The first kappa shape index (κ1) is 12.7. The average molecular weight is 240 g/mol. The van der Waals surface area contributed by atoms with Crippen molar-refractivity contribution in [3.8, 4) is 6.07 Å². The zero-order valence-electron chi connectivity index (χ0n) is 11.0. The highest BCUT2D eigenvalue weighted by Gasteiger charge is 2.13. The van der Waals surface area contributed by atoms with Crippen molar-refractivity contribution >= 4 is 5.69 Å². The number of hydrogen-bond acceptors (Lipinski definition) is 2. The fourth-order valence-electron chi connectivity index (χ4n) is 2.43. The largest absolute Gasteiger partial charge is 0.368 e. The van der Waals surface area contributed by atoms with Crippen molar-refractivity contribution < 1.29 is 0 Å². The lowest BCUT2D eigenvalue weighted by Crippen LogP contribution is -2.30. The Morgan fingerprint density at radius 3 is 2.67 bits per heavy atom. The number of nitrogens with zero attached hydrogens (tertiary/aromatic N) is 2. The molecule has 0 spiro atoms. The molecule has 0 saturated heterocycles. The molecule has 94 valence electrons. The van der Waals surface area contributed by atoms with Crippen LogP contribution in [-0.4, -0.2) is 13.1 Å². The number of allylic oxidation sites excluding steroid dienone is 1. The normalized spacial score (nSPS) is 21.4. The van der Waals surface area contributed by atoms with Gasteiger partial charge in [0.25, 0.3) is 0 Å². The van der Waals surface area contributed by atoms with Gasteiger partial charge in [-0.25, -0.2) is 0 Å². The molecule has 0 aliphatic heterocycles. The molecule has 1 aliphatic carbocycles. The van der Waals surface area contributed by atoms with Gasteiger partial charge in [0, 0.05) is 18.8 Å². The van der Waals surface area contributed by atoms with Gasteiger partial charge in [-0.3, -0.25) is 0 Å². The van der Waals surface area contributed by atoms with Gasteiger partial charge in [-0.1, -0.05) is 25.0 Å². The van der Waals surface area contributed by atoms with E-state index in [1.54, 1.807) is 0 Å². The van der Waals surface area contributed by atoms with Gasteiger partial charge in [-0.05, 0) is 43.5 Å². The Kier molecular flexibility index (Phi) is 4.41. The zero-order chi connectivity index (χ0) is 12.8. The standard InChI is InChI=1S/C16H20N2/c1-18(15-7-5-3-2-4-6-8-15)16-11-9-14(13-17)10-12-16/h5,7,9-12,15H,2-4,6,8H2,1H3/b7-5+. The van der Waals surface area contributed by atoms with Crippen LogP contribution in [0.4, 0.5) is 5.69 Å². The second kappa shape index (κ2) is 6.26. The lowest BCUT2D eigenvalue weighted by atomic mass is 10.0. The molecule has 0 saturated carbocycles. The maximum absolute atomic E-state index is 8.81. The molecule has 0 amide bonds. The smallest absolute Gasteiger partial charge is 0.0991 e. The highest BCUT2D eigenvalue weighted by Crippen LogP contribution is 2.21. The maximum atomic E-state index is 8.81. The molecular formula is C16H20N2. The van der Waals surface area contributed by atoms with Crippen LogP contribution in [0.2, 0.25) is 0 Å². The molecule has 0 bridgehead atoms. The predicted molar refractivity (Wildman–Crippen MR) is 75.6 cm³/mol. The van der Waals surface area contributed by atoms with Crippen molar-refractivity contribution in [1.29, 1.82) is 5.26 Å². The van der Waals surface area contributed by atoms with Gasteiger partial charge in [0.1, 0.15) is 0 Å². The molecule has 2 heteroatoms. The molecule has 0 aromatic heterocycles. The van der Waals surface area contributed by atoms with Gasteiger partial charge in [0.2, 0.25) is 0 Å². The summed E-state index contributed by atoms with van der Waals surface area (Å²) in [4.78, 5) is 2.31. The Balaban J connectivity index is 2.10. The quantitative estimate of drug-likeness (QED) is 0.733. The molecule has 2 rings (SSSR count). The number of anilines is 1. The lowest BCUT2D eigenvalue weighted by molar-refractivity contribution is 0.577. The van der Waals surface area contributed by atoms with Gasteiger partial charge in [-0.2, -0.15) is 5.26 Å². The summed E-state index contributed by atoms with van der Waals surface area (Å²) in [6.07, 6.45) is 11.0. The topological polar surface area (TPSA) is 27.0 Å². The summed E-state index contributed by atoms with van der Waals surface area (Å²) < 4.78 is 0. The van der Waals surface area contributed by atoms with E-state index in [4.69, 9.17) is 5.26 Å². The molecule has 0 radical (unpaired) electrons. The van der Waals surface area contributed by atoms with Crippen LogP contribution in [0.1, 0.15) is 37.7 Å². The van der Waals surface area contributed by atoms with Crippen LogP contribution in [0.5, 0.6) is 0 Å². The minimum absolute atomic E-state index is 0.484. The molecule has 1 aliphatic rings. The fraction of sp³-hybridized carbons (Fsp3) is 0.438. The summed E-state index contributed by atoms with van der Waals surface area (Å²) in [5, 5.41) is 8.81. The molecule has 0 fully saturated rings. The van der Waals surface area contributed by atoms with Crippen LogP contribution in [0, 0.1) is 11.3 Å². The Labute approximate surface area is 110 Å². The second-order valence-corrected chi connectivity index (χ2v) is 4.90. The van der Waals surface area contributed by atoms with Gasteiger partial charge >= 0.3 is 0 Å². The van der Waals surface area contributed by atoms with Gasteiger partial charge < -0.3 is 4.90 Å². The van der Waals surface area contributed by atoms with Crippen molar-refractivity contribution in [2.45, 2.75) is 38.1 Å². The zero-order valence-corrected chi connectivity index (χ0v) is 11.0. The number of nitriles is 1. The molecule has 18 heavy (non-hydrogen) atoms. The van der Waals surface area contributed by atoms with Crippen molar-refractivity contribution in [1.82, 2.24) is 0 Å². The van der Waals surface area contributed by atoms with E-state index in [0.717, 1.165) is 5.56 Å². The average Bonchev–Trinajstić information content (AvgIpc) is 2.38. The van der Waals surface area contributed by atoms with Gasteiger partial charge in [0.05, 0.1) is 11.6 Å². The second-order valence-electron chi connectivity index (χ2n) is 4.90. The van der Waals surface area contributed by atoms with Crippen molar-refractivity contribution in [2.24, 2.45) is 0 Å². The number of benzene rings is 1. The van der Waals surface area contributed by atoms with E-state index in [9.17, 15) is 0 Å². The highest BCUT2D eigenvalue weighted by atomic mass is 15.1. The van der Waals surface area contributed by atoms with Crippen LogP contribution in [0.15, 0.2) is 36.4 Å². The lowest BCUT2D eigenvalue weighted by Gasteiger charge is -2.28. The van der Waals surface area contributed by atoms with E-state index in [-0.39, 0.29) is 0 Å². The molecular weight excluding hydrogens is 220 g/mol. The SMILES string of the molecule is CN(c1ccc(C#N)cc1)C1/C=C/CCCCC1. The van der Waals surface area contributed by atoms with Crippen molar-refractivity contribution in [2.75, 3.05) is 11.9 Å². The maximum Gasteiger partial charge on any atom is 0.0991 e. The molecule has 2 nitrogen and oxygen atoms in total. The van der Waals surface area contributed by atoms with E-state index in [1.165, 1.54) is 37.8 Å². The van der Waals surface area contributed by atoms with E-state index >= 15 is 0 Å². The van der Waals surface area contributed by atoms with E-state index in [2.05, 4.69) is 30.2 Å². The van der Waals surface area contributed by atoms with Crippen LogP contribution in [-0.2, 0) is 0 Å². The summed E-state index contributed by atoms with van der Waals surface area (Å²) in [5.41, 5.74) is 1.91. The molecule has 0 N–H and O–H groups in total. The third kappa shape index (κ3) is 3.13. The minimum Gasteiger partial charge on any atom is -0.368 e. The summed E-state index contributed by atoms with van der Waals surface area (Å²) in [7, 11) is 2.14. The van der Waals surface area contributed by atoms with E-state index < -0.39 is 0 Å². The van der Waals surface area contributed by atoms with E-state index in [1.807, 2.05) is 24.3 Å². The van der Waals surface area contributed by atoms with E-state index in [0.29, 0.717) is 6.04 Å². The Morgan fingerprint density at radius 2 is 1.94 bits per heavy atom. The van der Waals surface area contributed by atoms with Crippen molar-refractivity contribution in [3.05, 3.63) is 42.0 Å². The summed E-state index contributed by atoms with van der Waals surface area (Å²) in [6.45, 7) is 0. The molecule has 0 heterocycles. The molecule has 1 unspecified atom stereocenters.